The largest absolute Gasteiger partial charge is 0.414 e. The number of hydrogen-bond donors (Lipinski definition) is 1. The van der Waals surface area contributed by atoms with Crippen molar-refractivity contribution in [1.82, 2.24) is 14.3 Å². The molecule has 0 amide bonds. The first-order valence-electron chi connectivity index (χ1n) is 7.75. The standard InChI is InChI=1S/C16H20F3N3O/c1-11-3-2-6-22-13(9-20-15(11)22)10-21-7-4-12(5-8-21)14(23)16(17,18)19/h2-3,6,9,12,14,23H,4-5,7-8,10H2,1H3. The zero-order valence-electron chi connectivity index (χ0n) is 12.9. The Morgan fingerprint density at radius 3 is 2.70 bits per heavy atom. The first kappa shape index (κ1) is 16.3. The highest BCUT2D eigenvalue weighted by atomic mass is 19.4. The van der Waals surface area contributed by atoms with Crippen LogP contribution in [-0.2, 0) is 6.54 Å². The van der Waals surface area contributed by atoms with Crippen molar-refractivity contribution in [1.29, 1.82) is 0 Å². The van der Waals surface area contributed by atoms with Gasteiger partial charge in [0.15, 0.2) is 6.10 Å². The normalized spacial score (nSPS) is 19.3. The lowest BCUT2D eigenvalue weighted by Crippen LogP contribution is -2.43. The van der Waals surface area contributed by atoms with E-state index in [2.05, 4.69) is 9.88 Å². The van der Waals surface area contributed by atoms with Crippen LogP contribution in [0, 0.1) is 12.8 Å². The van der Waals surface area contributed by atoms with Crippen molar-refractivity contribution >= 4 is 5.65 Å². The number of likely N-dealkylation sites (tertiary alicyclic amines) is 1. The van der Waals surface area contributed by atoms with Gasteiger partial charge in [0, 0.05) is 12.7 Å². The van der Waals surface area contributed by atoms with Gasteiger partial charge in [-0.2, -0.15) is 13.2 Å². The third-order valence-electron chi connectivity index (χ3n) is 4.61. The van der Waals surface area contributed by atoms with E-state index in [9.17, 15) is 18.3 Å². The van der Waals surface area contributed by atoms with Gasteiger partial charge in [0.25, 0.3) is 0 Å². The second-order valence-corrected chi connectivity index (χ2v) is 6.23. The number of aryl methyl sites for hydroxylation is 1. The van der Waals surface area contributed by atoms with E-state index in [1.165, 1.54) is 0 Å². The quantitative estimate of drug-likeness (QED) is 0.942. The van der Waals surface area contributed by atoms with Crippen LogP contribution in [0.15, 0.2) is 24.5 Å². The van der Waals surface area contributed by atoms with Crippen LogP contribution in [0.4, 0.5) is 13.2 Å². The first-order chi connectivity index (χ1) is 10.9. The lowest BCUT2D eigenvalue weighted by atomic mass is 9.91. The van der Waals surface area contributed by atoms with Gasteiger partial charge in [-0.15, -0.1) is 0 Å². The second-order valence-electron chi connectivity index (χ2n) is 6.23. The van der Waals surface area contributed by atoms with Crippen LogP contribution >= 0.6 is 0 Å². The Hall–Kier alpha value is -1.60. The van der Waals surface area contributed by atoms with Crippen LogP contribution in [0.1, 0.15) is 24.1 Å². The molecule has 1 aliphatic rings. The SMILES string of the molecule is Cc1cccn2c(CN3CCC(C(O)C(F)(F)F)CC3)cnc12. The molecule has 0 bridgehead atoms. The second kappa shape index (κ2) is 6.13. The molecule has 0 spiro atoms. The summed E-state index contributed by atoms with van der Waals surface area (Å²) in [4.78, 5) is 6.52. The Morgan fingerprint density at radius 1 is 1.35 bits per heavy atom. The number of pyridine rings is 1. The fourth-order valence-corrected chi connectivity index (χ4v) is 3.24. The molecule has 1 unspecified atom stereocenters. The van der Waals surface area contributed by atoms with Crippen molar-refractivity contribution < 1.29 is 18.3 Å². The molecule has 2 aromatic heterocycles. The number of aliphatic hydroxyl groups excluding tert-OH is 1. The number of piperidine rings is 1. The molecule has 1 saturated heterocycles. The Bertz CT molecular complexity index is 675. The van der Waals surface area contributed by atoms with Crippen molar-refractivity contribution in [3.8, 4) is 0 Å². The van der Waals surface area contributed by atoms with E-state index in [0.29, 0.717) is 32.5 Å². The fourth-order valence-electron chi connectivity index (χ4n) is 3.24. The highest BCUT2D eigenvalue weighted by molar-refractivity contribution is 5.48. The molecule has 3 rings (SSSR count). The molecule has 0 saturated carbocycles. The van der Waals surface area contributed by atoms with Gasteiger partial charge in [-0.05, 0) is 50.4 Å². The number of alkyl halides is 3. The van der Waals surface area contributed by atoms with E-state index < -0.39 is 18.2 Å². The van der Waals surface area contributed by atoms with Crippen molar-refractivity contribution in [2.24, 2.45) is 5.92 Å². The molecule has 0 radical (unpaired) electrons. The van der Waals surface area contributed by atoms with Gasteiger partial charge in [0.05, 0.1) is 11.9 Å². The molecule has 1 N–H and O–H groups in total. The summed E-state index contributed by atoms with van der Waals surface area (Å²) < 4.78 is 39.7. The molecular weight excluding hydrogens is 307 g/mol. The third-order valence-corrected chi connectivity index (χ3v) is 4.61. The maximum Gasteiger partial charge on any atom is 0.414 e. The van der Waals surface area contributed by atoms with Crippen molar-refractivity contribution in [2.75, 3.05) is 13.1 Å². The Morgan fingerprint density at radius 2 is 2.04 bits per heavy atom. The van der Waals surface area contributed by atoms with Crippen LogP contribution in [-0.4, -0.2) is 44.8 Å². The minimum absolute atomic E-state index is 0.358. The van der Waals surface area contributed by atoms with Crippen LogP contribution in [0.25, 0.3) is 5.65 Å². The van der Waals surface area contributed by atoms with Gasteiger partial charge in [-0.3, -0.25) is 4.90 Å². The topological polar surface area (TPSA) is 40.8 Å². The van der Waals surface area contributed by atoms with E-state index in [1.54, 1.807) is 0 Å². The Balaban J connectivity index is 1.63. The first-order valence-corrected chi connectivity index (χ1v) is 7.75. The summed E-state index contributed by atoms with van der Waals surface area (Å²) in [5.74, 6) is -0.698. The zero-order valence-corrected chi connectivity index (χ0v) is 12.9. The molecule has 1 atom stereocenters. The Kier molecular flexibility index (Phi) is 4.33. The molecule has 1 fully saturated rings. The van der Waals surface area contributed by atoms with Gasteiger partial charge in [0.1, 0.15) is 5.65 Å². The number of fused-ring (bicyclic) bond motifs is 1. The Labute approximate surface area is 132 Å². The average molecular weight is 327 g/mol. The van der Waals surface area contributed by atoms with Crippen LogP contribution in [0.3, 0.4) is 0 Å². The minimum Gasteiger partial charge on any atom is -0.383 e. The number of halogens is 3. The third kappa shape index (κ3) is 3.35. The molecule has 0 aromatic carbocycles. The molecule has 7 heteroatoms. The monoisotopic (exact) mass is 327 g/mol. The van der Waals surface area contributed by atoms with Gasteiger partial charge in [0.2, 0.25) is 0 Å². The summed E-state index contributed by atoms with van der Waals surface area (Å²) >= 11 is 0. The van der Waals surface area contributed by atoms with E-state index in [4.69, 9.17) is 0 Å². The summed E-state index contributed by atoms with van der Waals surface area (Å²) in [7, 11) is 0. The summed E-state index contributed by atoms with van der Waals surface area (Å²) in [5, 5.41) is 9.37. The van der Waals surface area contributed by atoms with Gasteiger partial charge in [-0.25, -0.2) is 4.98 Å². The highest BCUT2D eigenvalue weighted by Crippen LogP contribution is 2.31. The van der Waals surface area contributed by atoms with Crippen molar-refractivity contribution in [3.05, 3.63) is 35.8 Å². The number of rotatable bonds is 3. The van der Waals surface area contributed by atoms with E-state index in [1.807, 2.05) is 35.9 Å². The number of aromatic nitrogens is 2. The maximum absolute atomic E-state index is 12.6. The number of imidazole rings is 1. The van der Waals surface area contributed by atoms with E-state index in [0.717, 1.165) is 16.9 Å². The van der Waals surface area contributed by atoms with E-state index in [-0.39, 0.29) is 0 Å². The van der Waals surface area contributed by atoms with Crippen LogP contribution in [0.5, 0.6) is 0 Å². The number of hydrogen-bond acceptors (Lipinski definition) is 3. The molecule has 126 valence electrons. The van der Waals surface area contributed by atoms with Crippen molar-refractivity contribution in [2.45, 2.75) is 38.6 Å². The predicted molar refractivity (Wildman–Crippen MR) is 80.0 cm³/mol. The summed E-state index contributed by atoms with van der Waals surface area (Å²) in [5.41, 5.74) is 3.02. The molecule has 23 heavy (non-hydrogen) atoms. The molecular formula is C16H20F3N3O. The van der Waals surface area contributed by atoms with Gasteiger partial charge < -0.3 is 9.51 Å². The van der Waals surface area contributed by atoms with Crippen LogP contribution in [0.2, 0.25) is 0 Å². The summed E-state index contributed by atoms with van der Waals surface area (Å²) in [6, 6.07) is 3.95. The smallest absolute Gasteiger partial charge is 0.383 e. The zero-order chi connectivity index (χ0) is 16.6. The van der Waals surface area contributed by atoms with Crippen molar-refractivity contribution in [3.63, 3.8) is 0 Å². The van der Waals surface area contributed by atoms with E-state index >= 15 is 0 Å². The molecule has 3 heterocycles. The van der Waals surface area contributed by atoms with Gasteiger partial charge >= 0.3 is 6.18 Å². The molecule has 2 aromatic rings. The summed E-state index contributed by atoms with van der Waals surface area (Å²) in [6.45, 7) is 3.75. The predicted octanol–water partition coefficient (Wildman–Crippen LogP) is 2.78. The van der Waals surface area contributed by atoms with Gasteiger partial charge in [-0.1, -0.05) is 6.07 Å². The van der Waals surface area contributed by atoms with Crippen LogP contribution < -0.4 is 0 Å². The fraction of sp³-hybridized carbons (Fsp3) is 0.562. The highest BCUT2D eigenvalue weighted by Gasteiger charge is 2.44. The number of nitrogens with zero attached hydrogens (tertiary/aromatic N) is 3. The maximum atomic E-state index is 12.6. The molecule has 1 aliphatic heterocycles. The lowest BCUT2D eigenvalue weighted by molar-refractivity contribution is -0.223. The molecule has 4 nitrogen and oxygen atoms in total. The lowest BCUT2D eigenvalue weighted by Gasteiger charge is -2.34. The summed E-state index contributed by atoms with van der Waals surface area (Å²) in [6.07, 6.45) is -2.24. The number of aliphatic hydroxyl groups is 1. The average Bonchev–Trinajstić information content (AvgIpc) is 2.91. The molecule has 0 aliphatic carbocycles. The minimum atomic E-state index is -4.52.